The van der Waals surface area contributed by atoms with Gasteiger partial charge in [0.2, 0.25) is 5.91 Å². The molecule has 0 unspecified atom stereocenters. The molecule has 1 heterocycles. The quantitative estimate of drug-likeness (QED) is 0.552. The highest BCUT2D eigenvalue weighted by molar-refractivity contribution is 8.26. The van der Waals surface area contributed by atoms with Gasteiger partial charge in [0.25, 0.3) is 5.91 Å². The molecule has 0 atom stereocenters. The predicted octanol–water partition coefficient (Wildman–Crippen LogP) is 3.98. The molecule has 2 amide bonds. The monoisotopic (exact) mass is 442 g/mol. The third-order valence-corrected chi connectivity index (χ3v) is 8.41. The Morgan fingerprint density at radius 2 is 1.80 bits per heavy atom. The van der Waals surface area contributed by atoms with Crippen molar-refractivity contribution >= 4 is 46.2 Å². The number of amides is 2. The summed E-state index contributed by atoms with van der Waals surface area (Å²) in [6, 6.07) is 7.49. The van der Waals surface area contributed by atoms with Crippen molar-refractivity contribution in [1.29, 1.82) is 0 Å². The standard InChI is InChI=1S/C23H26N2O3S2/c1-28-18-4-2-14(3-5-18)9-19-21(27)25(22(29)30-19)13-20(26)24-23-10-15-6-16(11-23)8-17(7-15)12-23/h2-5,9,15-17H,6-8,10-13H2,1H3,(H,24,26)/b19-9-. The number of ether oxygens (including phenoxy) is 1. The van der Waals surface area contributed by atoms with E-state index in [-0.39, 0.29) is 23.9 Å². The number of carbonyl (C=O) groups excluding carboxylic acids is 2. The van der Waals surface area contributed by atoms with Gasteiger partial charge in [0.15, 0.2) is 0 Å². The van der Waals surface area contributed by atoms with Gasteiger partial charge in [-0.15, -0.1) is 0 Å². The maximum absolute atomic E-state index is 12.9. The van der Waals surface area contributed by atoms with Crippen molar-refractivity contribution in [3.05, 3.63) is 34.7 Å². The fraction of sp³-hybridized carbons (Fsp3) is 0.522. The van der Waals surface area contributed by atoms with Crippen LogP contribution in [0.15, 0.2) is 29.2 Å². The van der Waals surface area contributed by atoms with Gasteiger partial charge in [-0.05, 0) is 80.1 Å². The van der Waals surface area contributed by atoms with E-state index in [0.717, 1.165) is 48.3 Å². The Bertz CT molecular complexity index is 890. The van der Waals surface area contributed by atoms with Crippen molar-refractivity contribution < 1.29 is 14.3 Å². The molecule has 5 fully saturated rings. The van der Waals surface area contributed by atoms with Gasteiger partial charge in [-0.1, -0.05) is 36.1 Å². The van der Waals surface area contributed by atoms with Gasteiger partial charge in [0.05, 0.1) is 12.0 Å². The normalized spacial score (nSPS) is 33.4. The summed E-state index contributed by atoms with van der Waals surface area (Å²) in [5.41, 5.74) is 0.847. The largest absolute Gasteiger partial charge is 0.497 e. The molecule has 0 radical (unpaired) electrons. The fourth-order valence-electron chi connectivity index (χ4n) is 6.23. The summed E-state index contributed by atoms with van der Waals surface area (Å²) in [7, 11) is 1.62. The topological polar surface area (TPSA) is 58.6 Å². The molecule has 7 heteroatoms. The molecule has 0 aromatic heterocycles. The van der Waals surface area contributed by atoms with Gasteiger partial charge in [-0.25, -0.2) is 0 Å². The number of benzene rings is 1. The summed E-state index contributed by atoms with van der Waals surface area (Å²) in [6.07, 6.45) is 9.11. The summed E-state index contributed by atoms with van der Waals surface area (Å²) in [5.74, 6) is 2.78. The third kappa shape index (κ3) is 3.78. The van der Waals surface area contributed by atoms with Crippen LogP contribution in [-0.2, 0) is 9.59 Å². The second kappa shape index (κ2) is 7.68. The fourth-order valence-corrected chi connectivity index (χ4v) is 7.49. The van der Waals surface area contributed by atoms with Gasteiger partial charge in [-0.3, -0.25) is 14.5 Å². The second-order valence-electron chi connectivity index (χ2n) is 9.29. The molecule has 158 valence electrons. The molecule has 1 saturated heterocycles. The van der Waals surface area contributed by atoms with Crippen LogP contribution in [0.25, 0.3) is 6.08 Å². The minimum atomic E-state index is -0.193. The zero-order chi connectivity index (χ0) is 20.9. The van der Waals surface area contributed by atoms with E-state index in [9.17, 15) is 9.59 Å². The van der Waals surface area contributed by atoms with E-state index in [2.05, 4.69) is 5.32 Å². The van der Waals surface area contributed by atoms with Crippen LogP contribution in [0.1, 0.15) is 44.1 Å². The number of hydrogen-bond donors (Lipinski definition) is 1. The molecule has 1 aromatic carbocycles. The van der Waals surface area contributed by atoms with Crippen molar-refractivity contribution in [2.24, 2.45) is 17.8 Å². The van der Waals surface area contributed by atoms with Gasteiger partial charge in [0.1, 0.15) is 16.6 Å². The minimum absolute atomic E-state index is 0.00632. The van der Waals surface area contributed by atoms with Crippen molar-refractivity contribution in [2.75, 3.05) is 13.7 Å². The molecule has 4 saturated carbocycles. The number of thioether (sulfide) groups is 1. The number of hydrogen-bond acceptors (Lipinski definition) is 5. The Morgan fingerprint density at radius 1 is 1.20 bits per heavy atom. The average Bonchev–Trinajstić information content (AvgIpc) is 2.94. The lowest BCUT2D eigenvalue weighted by Crippen LogP contribution is -2.61. The first-order chi connectivity index (χ1) is 14.4. The molecular formula is C23H26N2O3S2. The lowest BCUT2D eigenvalue weighted by Gasteiger charge is -2.57. The number of rotatable bonds is 5. The summed E-state index contributed by atoms with van der Waals surface area (Å²) >= 11 is 6.67. The van der Waals surface area contributed by atoms with Crippen LogP contribution in [0.5, 0.6) is 5.75 Å². The SMILES string of the molecule is COc1ccc(/C=C2\SC(=S)N(CC(=O)NC34CC5CC(CC(C5)C3)C4)C2=O)cc1. The predicted molar refractivity (Wildman–Crippen MR) is 122 cm³/mol. The highest BCUT2D eigenvalue weighted by atomic mass is 32.2. The molecular weight excluding hydrogens is 416 g/mol. The lowest BCUT2D eigenvalue weighted by atomic mass is 9.53. The number of methoxy groups -OCH3 is 1. The smallest absolute Gasteiger partial charge is 0.266 e. The van der Waals surface area contributed by atoms with Crippen LogP contribution in [0.4, 0.5) is 0 Å². The summed E-state index contributed by atoms with van der Waals surface area (Å²) in [6.45, 7) is 0.00632. The van der Waals surface area contributed by atoms with E-state index in [1.807, 2.05) is 30.3 Å². The molecule has 4 bridgehead atoms. The average molecular weight is 443 g/mol. The van der Waals surface area contributed by atoms with Gasteiger partial charge >= 0.3 is 0 Å². The Hall–Kier alpha value is -1.86. The van der Waals surface area contributed by atoms with E-state index in [1.54, 1.807) is 7.11 Å². The number of thiocarbonyl (C=S) groups is 1. The highest BCUT2D eigenvalue weighted by Crippen LogP contribution is 2.55. The van der Waals surface area contributed by atoms with E-state index in [0.29, 0.717) is 9.23 Å². The molecule has 5 aliphatic rings. The Morgan fingerprint density at radius 3 is 2.37 bits per heavy atom. The Labute approximate surface area is 186 Å². The van der Waals surface area contributed by atoms with Crippen LogP contribution in [0.2, 0.25) is 0 Å². The van der Waals surface area contributed by atoms with Crippen molar-refractivity contribution in [2.45, 2.75) is 44.1 Å². The first-order valence-electron chi connectivity index (χ1n) is 10.6. The van der Waals surface area contributed by atoms with Crippen molar-refractivity contribution in [1.82, 2.24) is 10.2 Å². The maximum atomic E-state index is 12.9. The van der Waals surface area contributed by atoms with Gasteiger partial charge < -0.3 is 10.1 Å². The van der Waals surface area contributed by atoms with Crippen LogP contribution in [0.3, 0.4) is 0 Å². The minimum Gasteiger partial charge on any atom is -0.497 e. The number of carbonyl (C=O) groups is 2. The molecule has 5 nitrogen and oxygen atoms in total. The highest BCUT2D eigenvalue weighted by Gasteiger charge is 2.51. The Kier molecular flexibility index (Phi) is 5.14. The molecule has 6 rings (SSSR count). The number of nitrogens with one attached hydrogen (secondary N) is 1. The maximum Gasteiger partial charge on any atom is 0.266 e. The number of nitrogens with zero attached hydrogens (tertiary/aromatic N) is 1. The van der Waals surface area contributed by atoms with E-state index < -0.39 is 0 Å². The van der Waals surface area contributed by atoms with Crippen LogP contribution in [-0.4, -0.2) is 40.2 Å². The molecule has 0 spiro atoms. The molecule has 1 N–H and O–H groups in total. The zero-order valence-corrected chi connectivity index (χ0v) is 18.7. The van der Waals surface area contributed by atoms with Crippen molar-refractivity contribution in [3.63, 3.8) is 0 Å². The molecule has 1 aromatic rings. The first kappa shape index (κ1) is 20.1. The van der Waals surface area contributed by atoms with E-state index in [4.69, 9.17) is 17.0 Å². The molecule has 4 aliphatic carbocycles. The van der Waals surface area contributed by atoms with Gasteiger partial charge in [-0.2, -0.15) is 0 Å². The van der Waals surface area contributed by atoms with Crippen LogP contribution < -0.4 is 10.1 Å². The van der Waals surface area contributed by atoms with Crippen molar-refractivity contribution in [3.8, 4) is 5.75 Å². The second-order valence-corrected chi connectivity index (χ2v) is 11.0. The van der Waals surface area contributed by atoms with Crippen LogP contribution in [0, 0.1) is 17.8 Å². The van der Waals surface area contributed by atoms with Gasteiger partial charge in [0, 0.05) is 5.54 Å². The Balaban J connectivity index is 1.25. The molecule has 30 heavy (non-hydrogen) atoms. The van der Waals surface area contributed by atoms with E-state index in [1.165, 1.54) is 35.9 Å². The summed E-state index contributed by atoms with van der Waals surface area (Å²) in [5, 5.41) is 3.33. The summed E-state index contributed by atoms with van der Waals surface area (Å²) < 4.78 is 5.62. The third-order valence-electron chi connectivity index (χ3n) is 7.03. The van der Waals surface area contributed by atoms with E-state index >= 15 is 0 Å². The van der Waals surface area contributed by atoms with Crippen LogP contribution >= 0.6 is 24.0 Å². The first-order valence-corrected chi connectivity index (χ1v) is 11.9. The summed E-state index contributed by atoms with van der Waals surface area (Å²) in [4.78, 5) is 27.8. The zero-order valence-electron chi connectivity index (χ0n) is 17.1. The lowest BCUT2D eigenvalue weighted by molar-refractivity contribution is -0.132. The molecule has 1 aliphatic heterocycles.